The van der Waals surface area contributed by atoms with Crippen LogP contribution in [-0.2, 0) is 10.2 Å². The van der Waals surface area contributed by atoms with Crippen LogP contribution in [0, 0.1) is 0 Å². The van der Waals surface area contributed by atoms with Gasteiger partial charge in [0, 0.05) is 18.7 Å². The van der Waals surface area contributed by atoms with Crippen molar-refractivity contribution in [1.82, 2.24) is 0 Å². The number of carbonyl (C=O) groups excluding carboxylic acids is 1. The summed E-state index contributed by atoms with van der Waals surface area (Å²) in [6.07, 6.45) is 0.388. The summed E-state index contributed by atoms with van der Waals surface area (Å²) in [6, 6.07) is 15.7. The van der Waals surface area contributed by atoms with Crippen LogP contribution in [0.3, 0.4) is 0 Å². The molecule has 4 nitrogen and oxygen atoms in total. The van der Waals surface area contributed by atoms with Crippen LogP contribution in [0.5, 0.6) is 5.75 Å². The molecule has 0 radical (unpaired) electrons. The summed E-state index contributed by atoms with van der Waals surface area (Å²) in [7, 11) is 0. The zero-order valence-electron chi connectivity index (χ0n) is 15.6. The molecular formula is C21H28N2O2. The van der Waals surface area contributed by atoms with E-state index in [4.69, 9.17) is 4.74 Å². The molecule has 2 rings (SSSR count). The van der Waals surface area contributed by atoms with Crippen LogP contribution in [0.15, 0.2) is 48.5 Å². The molecule has 134 valence electrons. The summed E-state index contributed by atoms with van der Waals surface area (Å²) in [4.78, 5) is 12.2. The lowest BCUT2D eigenvalue weighted by molar-refractivity contribution is -0.116. The molecule has 0 heterocycles. The summed E-state index contributed by atoms with van der Waals surface area (Å²) in [6.45, 7) is 9.63. The third-order valence-electron chi connectivity index (χ3n) is 3.86. The highest BCUT2D eigenvalue weighted by atomic mass is 16.5. The van der Waals surface area contributed by atoms with Crippen LogP contribution < -0.4 is 15.4 Å². The predicted octanol–water partition coefficient (Wildman–Crippen LogP) is 4.82. The summed E-state index contributed by atoms with van der Waals surface area (Å²) >= 11 is 0. The van der Waals surface area contributed by atoms with E-state index < -0.39 is 0 Å². The molecule has 1 amide bonds. The Hall–Kier alpha value is -2.49. The third-order valence-corrected chi connectivity index (χ3v) is 3.86. The van der Waals surface area contributed by atoms with Gasteiger partial charge in [-0.2, -0.15) is 0 Å². The van der Waals surface area contributed by atoms with Crippen molar-refractivity contribution in [3.8, 4) is 5.75 Å². The smallest absolute Gasteiger partial charge is 0.226 e. The Balaban J connectivity index is 1.92. The minimum Gasteiger partial charge on any atom is -0.492 e. The lowest BCUT2D eigenvalue weighted by Gasteiger charge is -2.23. The maximum atomic E-state index is 12.2. The Labute approximate surface area is 150 Å². The van der Waals surface area contributed by atoms with Crippen molar-refractivity contribution in [3.63, 3.8) is 0 Å². The maximum Gasteiger partial charge on any atom is 0.226 e. The van der Waals surface area contributed by atoms with E-state index in [0.717, 1.165) is 5.69 Å². The van der Waals surface area contributed by atoms with Crippen molar-refractivity contribution in [3.05, 3.63) is 54.1 Å². The first-order chi connectivity index (χ1) is 11.9. The fourth-order valence-electron chi connectivity index (χ4n) is 2.67. The minimum atomic E-state index is -0.0344. The zero-order valence-corrected chi connectivity index (χ0v) is 15.6. The molecule has 0 fully saturated rings. The molecule has 2 N–H and O–H groups in total. The first-order valence-corrected chi connectivity index (χ1v) is 8.77. The molecule has 4 heteroatoms. The van der Waals surface area contributed by atoms with Crippen LogP contribution >= 0.6 is 0 Å². The SMILES string of the molecule is CCOc1ccccc1NC(=O)CCNc1ccccc1C(C)(C)C. The number of amides is 1. The number of nitrogens with one attached hydrogen (secondary N) is 2. The molecule has 0 aliphatic heterocycles. The van der Waals surface area contributed by atoms with Gasteiger partial charge in [0.15, 0.2) is 0 Å². The number of hydrogen-bond donors (Lipinski definition) is 2. The van der Waals surface area contributed by atoms with Gasteiger partial charge in [-0.25, -0.2) is 0 Å². The van der Waals surface area contributed by atoms with Crippen molar-refractivity contribution in [1.29, 1.82) is 0 Å². The van der Waals surface area contributed by atoms with Crippen molar-refractivity contribution < 1.29 is 9.53 Å². The van der Waals surface area contributed by atoms with E-state index in [1.165, 1.54) is 5.56 Å². The summed E-state index contributed by atoms with van der Waals surface area (Å²) < 4.78 is 5.53. The fourth-order valence-corrected chi connectivity index (χ4v) is 2.67. The van der Waals surface area contributed by atoms with Crippen molar-refractivity contribution in [2.75, 3.05) is 23.8 Å². The van der Waals surface area contributed by atoms with Crippen LogP contribution in [0.25, 0.3) is 0 Å². The fraction of sp³-hybridized carbons (Fsp3) is 0.381. The number of hydrogen-bond acceptors (Lipinski definition) is 3. The molecule has 0 spiro atoms. The van der Waals surface area contributed by atoms with Gasteiger partial charge in [0.25, 0.3) is 0 Å². The Kier molecular flexibility index (Phi) is 6.45. The van der Waals surface area contributed by atoms with Gasteiger partial charge >= 0.3 is 0 Å². The van der Waals surface area contributed by atoms with E-state index in [2.05, 4.69) is 43.5 Å². The quantitative estimate of drug-likeness (QED) is 0.759. The maximum absolute atomic E-state index is 12.2. The second-order valence-electron chi connectivity index (χ2n) is 6.95. The van der Waals surface area contributed by atoms with Gasteiger partial charge in [-0.05, 0) is 36.1 Å². The summed E-state index contributed by atoms with van der Waals surface area (Å²) in [5.74, 6) is 0.664. The van der Waals surface area contributed by atoms with Gasteiger partial charge in [0.2, 0.25) is 5.91 Å². The molecule has 0 aromatic heterocycles. The predicted molar refractivity (Wildman–Crippen MR) is 104 cm³/mol. The Morgan fingerprint density at radius 3 is 2.32 bits per heavy atom. The van der Waals surface area contributed by atoms with Gasteiger partial charge in [0.1, 0.15) is 5.75 Å². The summed E-state index contributed by atoms with van der Waals surface area (Å²) in [5.41, 5.74) is 3.10. The molecular weight excluding hydrogens is 312 g/mol. The number of carbonyl (C=O) groups is 1. The highest BCUT2D eigenvalue weighted by molar-refractivity contribution is 5.92. The molecule has 25 heavy (non-hydrogen) atoms. The average molecular weight is 340 g/mol. The number of benzene rings is 2. The largest absolute Gasteiger partial charge is 0.492 e. The molecule has 0 saturated heterocycles. The molecule has 0 atom stereocenters. The molecule has 0 aliphatic carbocycles. The average Bonchev–Trinajstić information content (AvgIpc) is 2.56. The van der Waals surface area contributed by atoms with Crippen LogP contribution in [0.4, 0.5) is 11.4 Å². The first kappa shape index (κ1) is 18.8. The monoisotopic (exact) mass is 340 g/mol. The van der Waals surface area contributed by atoms with E-state index in [1.807, 2.05) is 43.3 Å². The molecule has 0 unspecified atom stereocenters. The van der Waals surface area contributed by atoms with Crippen molar-refractivity contribution in [2.24, 2.45) is 0 Å². The molecule has 0 saturated carbocycles. The molecule has 0 aliphatic rings. The number of para-hydroxylation sites is 3. The normalized spacial score (nSPS) is 11.0. The number of rotatable bonds is 7. The topological polar surface area (TPSA) is 50.4 Å². The third kappa shape index (κ3) is 5.52. The van der Waals surface area contributed by atoms with E-state index in [1.54, 1.807) is 0 Å². The van der Waals surface area contributed by atoms with Crippen LogP contribution in [0.1, 0.15) is 39.7 Å². The highest BCUT2D eigenvalue weighted by Gasteiger charge is 2.17. The molecule has 2 aromatic carbocycles. The van der Waals surface area contributed by atoms with Gasteiger partial charge < -0.3 is 15.4 Å². The standard InChI is InChI=1S/C21H28N2O2/c1-5-25-19-13-9-8-12-18(19)23-20(24)14-15-22-17-11-7-6-10-16(17)21(2,3)4/h6-13,22H,5,14-15H2,1-4H3,(H,23,24). The number of anilines is 2. The molecule has 0 bridgehead atoms. The Morgan fingerprint density at radius 1 is 1.00 bits per heavy atom. The van der Waals surface area contributed by atoms with Gasteiger partial charge in [-0.1, -0.05) is 51.1 Å². The minimum absolute atomic E-state index is 0.0344. The lowest BCUT2D eigenvalue weighted by atomic mass is 9.86. The van der Waals surface area contributed by atoms with Crippen molar-refractivity contribution in [2.45, 2.75) is 39.5 Å². The van der Waals surface area contributed by atoms with Crippen molar-refractivity contribution >= 4 is 17.3 Å². The van der Waals surface area contributed by atoms with E-state index in [0.29, 0.717) is 31.0 Å². The first-order valence-electron chi connectivity index (χ1n) is 8.77. The van der Waals surface area contributed by atoms with Gasteiger partial charge in [-0.15, -0.1) is 0 Å². The van der Waals surface area contributed by atoms with E-state index in [-0.39, 0.29) is 11.3 Å². The van der Waals surface area contributed by atoms with Gasteiger partial charge in [-0.3, -0.25) is 4.79 Å². The van der Waals surface area contributed by atoms with Crippen LogP contribution in [-0.4, -0.2) is 19.1 Å². The van der Waals surface area contributed by atoms with Gasteiger partial charge in [0.05, 0.1) is 12.3 Å². The van der Waals surface area contributed by atoms with E-state index >= 15 is 0 Å². The molecule has 2 aromatic rings. The van der Waals surface area contributed by atoms with E-state index in [9.17, 15) is 4.79 Å². The second-order valence-corrected chi connectivity index (χ2v) is 6.95. The summed E-state index contributed by atoms with van der Waals surface area (Å²) in [5, 5.41) is 6.31. The Morgan fingerprint density at radius 2 is 1.64 bits per heavy atom. The highest BCUT2D eigenvalue weighted by Crippen LogP contribution is 2.29. The number of ether oxygens (including phenoxy) is 1. The second kappa shape index (κ2) is 8.56. The lowest BCUT2D eigenvalue weighted by Crippen LogP contribution is -2.19. The van der Waals surface area contributed by atoms with Crippen LogP contribution in [0.2, 0.25) is 0 Å². The zero-order chi connectivity index (χ0) is 18.3. The Bertz CT molecular complexity index is 705.